The Morgan fingerprint density at radius 3 is 2.28 bits per heavy atom. The summed E-state index contributed by atoms with van der Waals surface area (Å²) in [5, 5.41) is 11.4. The molecule has 2 aromatic carbocycles. The highest BCUT2D eigenvalue weighted by atomic mass is 33.1. The molecule has 0 unspecified atom stereocenters. The molecule has 3 rings (SSSR count). The van der Waals surface area contributed by atoms with Crippen molar-refractivity contribution in [2.24, 2.45) is 15.6 Å². The number of allylic oxidation sites excluding steroid dienone is 1. The van der Waals surface area contributed by atoms with Crippen LogP contribution in [0.3, 0.4) is 0 Å². The zero-order valence-corrected chi connectivity index (χ0v) is 30.2. The van der Waals surface area contributed by atoms with Crippen LogP contribution in [-0.4, -0.2) is 60.7 Å². The fourth-order valence-corrected chi connectivity index (χ4v) is 6.85. The van der Waals surface area contributed by atoms with Gasteiger partial charge in [0, 0.05) is 36.1 Å². The van der Waals surface area contributed by atoms with Crippen LogP contribution in [-0.2, 0) is 30.4 Å². The minimum absolute atomic E-state index is 0.114. The van der Waals surface area contributed by atoms with Crippen LogP contribution < -0.4 is 10.2 Å². The molecule has 0 bridgehead atoms. The average molecular weight is 669 g/mol. The third-order valence-electron chi connectivity index (χ3n) is 7.30. The van der Waals surface area contributed by atoms with Crippen molar-refractivity contribution >= 4 is 56.3 Å². The van der Waals surface area contributed by atoms with E-state index in [-0.39, 0.29) is 35.5 Å². The number of nitrogens with zero attached hydrogens (tertiary/aromatic N) is 3. The predicted molar refractivity (Wildman–Crippen MR) is 190 cm³/mol. The molecule has 0 radical (unpaired) electrons. The van der Waals surface area contributed by atoms with Gasteiger partial charge in [-0.25, -0.2) is 0 Å². The molecule has 0 saturated carbocycles. The van der Waals surface area contributed by atoms with Gasteiger partial charge in [0.1, 0.15) is 12.2 Å². The number of anilines is 1. The van der Waals surface area contributed by atoms with Gasteiger partial charge >= 0.3 is 5.97 Å². The van der Waals surface area contributed by atoms with Crippen molar-refractivity contribution < 1.29 is 23.9 Å². The second-order valence-electron chi connectivity index (χ2n) is 13.3. The standard InChI is InChI=1S/C35H48N4O5S2/c1-24-26-15-11-10-14-25(26)22-39(28-17-13-12-16-27(28)30(24)38-36-9)29(40)18-19-37-31(41)35(7,8)44-23-34(5,6)46-45-21-20-43-32(42)33(2,3)4/h10-17H,18-23H2,1-9H3,(H,37,41)/b30-24+,38-36-. The van der Waals surface area contributed by atoms with Gasteiger partial charge in [-0.05, 0) is 78.2 Å². The van der Waals surface area contributed by atoms with Gasteiger partial charge in [0.25, 0.3) is 5.91 Å². The zero-order valence-electron chi connectivity index (χ0n) is 28.6. The quantitative estimate of drug-likeness (QED) is 0.102. The Balaban J connectivity index is 1.58. The number of fused-ring (bicyclic) bond motifs is 2. The lowest BCUT2D eigenvalue weighted by Gasteiger charge is -2.31. The van der Waals surface area contributed by atoms with E-state index in [2.05, 4.69) is 15.5 Å². The number of benzene rings is 2. The first-order valence-corrected chi connectivity index (χ1v) is 17.8. The average Bonchev–Trinajstić information content (AvgIpc) is 3.00. The maximum atomic E-state index is 13.7. The molecule has 1 heterocycles. The molecule has 0 aromatic heterocycles. The molecule has 2 amide bonds. The summed E-state index contributed by atoms with van der Waals surface area (Å²) in [6.45, 7) is 16.3. The fraction of sp³-hybridized carbons (Fsp3) is 0.514. The van der Waals surface area contributed by atoms with E-state index in [1.807, 2.05) is 90.1 Å². The first-order chi connectivity index (χ1) is 21.6. The van der Waals surface area contributed by atoms with Crippen LogP contribution >= 0.6 is 21.6 Å². The fourth-order valence-electron chi connectivity index (χ4n) is 4.63. The Morgan fingerprint density at radius 1 is 0.957 bits per heavy atom. The number of hydrogen-bond acceptors (Lipinski definition) is 9. The lowest BCUT2D eigenvalue weighted by Crippen LogP contribution is -2.47. The number of amides is 2. The highest BCUT2D eigenvalue weighted by molar-refractivity contribution is 8.77. The van der Waals surface area contributed by atoms with E-state index in [0.717, 1.165) is 33.6 Å². The van der Waals surface area contributed by atoms with Crippen LogP contribution in [0.25, 0.3) is 11.3 Å². The first-order valence-electron chi connectivity index (χ1n) is 15.5. The summed E-state index contributed by atoms with van der Waals surface area (Å²) in [7, 11) is 4.87. The lowest BCUT2D eigenvalue weighted by molar-refractivity contribution is -0.152. The molecule has 0 aliphatic carbocycles. The van der Waals surface area contributed by atoms with Gasteiger partial charge in [-0.15, -0.1) is 0 Å². The summed E-state index contributed by atoms with van der Waals surface area (Å²) < 4.78 is 11.1. The monoisotopic (exact) mass is 668 g/mol. The molecule has 1 aliphatic rings. The highest BCUT2D eigenvalue weighted by Gasteiger charge is 2.32. The van der Waals surface area contributed by atoms with Crippen LogP contribution in [0.4, 0.5) is 5.69 Å². The molecule has 46 heavy (non-hydrogen) atoms. The molecule has 250 valence electrons. The van der Waals surface area contributed by atoms with Crippen LogP contribution in [0, 0.1) is 5.41 Å². The molecule has 9 nitrogen and oxygen atoms in total. The third-order valence-corrected chi connectivity index (χ3v) is 10.5. The summed E-state index contributed by atoms with van der Waals surface area (Å²) >= 11 is 0. The number of nitrogens with one attached hydrogen (secondary N) is 1. The van der Waals surface area contributed by atoms with Crippen molar-refractivity contribution in [2.75, 3.05) is 37.5 Å². The summed E-state index contributed by atoms with van der Waals surface area (Å²) in [5.74, 6) is 0.0375. The summed E-state index contributed by atoms with van der Waals surface area (Å²) in [4.78, 5) is 40.6. The number of rotatable bonds is 13. The molecule has 0 spiro atoms. The number of esters is 1. The SMILES string of the molecule is C/N=N\C1=C(/C)c2ccccc2CN(C(=O)CCNC(=O)C(C)(C)OCC(C)(C)SSCCOC(=O)C(C)(C)C)c2ccccc21. The van der Waals surface area contributed by atoms with Gasteiger partial charge in [0.05, 0.1) is 30.0 Å². The van der Waals surface area contributed by atoms with Gasteiger partial charge in [-0.3, -0.25) is 14.4 Å². The Bertz CT molecular complexity index is 1460. The van der Waals surface area contributed by atoms with E-state index >= 15 is 0 Å². The number of carbonyl (C=O) groups excluding carboxylic acids is 3. The maximum absolute atomic E-state index is 13.7. The van der Waals surface area contributed by atoms with Crippen molar-refractivity contribution in [3.8, 4) is 0 Å². The highest BCUT2D eigenvalue weighted by Crippen LogP contribution is 2.39. The molecule has 0 atom stereocenters. The van der Waals surface area contributed by atoms with Crippen molar-refractivity contribution in [3.05, 3.63) is 65.2 Å². The normalized spacial score (nSPS) is 15.5. The van der Waals surface area contributed by atoms with Gasteiger partial charge < -0.3 is 19.7 Å². The first kappa shape index (κ1) is 37.3. The van der Waals surface area contributed by atoms with E-state index in [1.165, 1.54) is 0 Å². The Hall–Kier alpha value is -3.15. The van der Waals surface area contributed by atoms with E-state index in [4.69, 9.17) is 9.47 Å². The smallest absolute Gasteiger partial charge is 0.311 e. The number of carbonyl (C=O) groups is 3. The molecular formula is C35H48N4O5S2. The maximum Gasteiger partial charge on any atom is 0.311 e. The Labute approximate surface area is 281 Å². The van der Waals surface area contributed by atoms with Crippen molar-refractivity contribution in [1.29, 1.82) is 0 Å². The second-order valence-corrected chi connectivity index (χ2v) is 16.4. The number of hydrogen-bond donors (Lipinski definition) is 1. The van der Waals surface area contributed by atoms with Gasteiger partial charge in [0.15, 0.2) is 0 Å². The second kappa shape index (κ2) is 16.1. The van der Waals surface area contributed by atoms with E-state index in [1.54, 1.807) is 47.4 Å². The van der Waals surface area contributed by atoms with Crippen molar-refractivity contribution in [2.45, 2.75) is 78.7 Å². The Morgan fingerprint density at radius 2 is 1.61 bits per heavy atom. The predicted octanol–water partition coefficient (Wildman–Crippen LogP) is 7.55. The molecule has 11 heteroatoms. The van der Waals surface area contributed by atoms with E-state index in [9.17, 15) is 14.4 Å². The van der Waals surface area contributed by atoms with Gasteiger partial charge in [-0.1, -0.05) is 64.1 Å². The van der Waals surface area contributed by atoms with Crippen LogP contribution in [0.1, 0.15) is 78.5 Å². The topological polar surface area (TPSA) is 110 Å². The number of azo groups is 1. The third kappa shape index (κ3) is 10.2. The lowest BCUT2D eigenvalue weighted by atomic mass is 9.93. The largest absolute Gasteiger partial charge is 0.464 e. The van der Waals surface area contributed by atoms with Crippen molar-refractivity contribution in [1.82, 2.24) is 5.32 Å². The molecule has 1 N–H and O–H groups in total. The molecule has 0 fully saturated rings. The van der Waals surface area contributed by atoms with E-state index in [0.29, 0.717) is 25.5 Å². The summed E-state index contributed by atoms with van der Waals surface area (Å²) in [6, 6.07) is 15.7. The van der Waals surface area contributed by atoms with Crippen LogP contribution in [0.15, 0.2) is 58.8 Å². The molecule has 0 saturated heterocycles. The number of para-hydroxylation sites is 1. The summed E-state index contributed by atoms with van der Waals surface area (Å²) in [5.41, 5.74) is 3.72. The van der Waals surface area contributed by atoms with Crippen molar-refractivity contribution in [3.63, 3.8) is 0 Å². The van der Waals surface area contributed by atoms with Crippen LogP contribution in [0.5, 0.6) is 0 Å². The molecule has 2 aromatic rings. The van der Waals surface area contributed by atoms with Gasteiger partial charge in [-0.2, -0.15) is 10.2 Å². The molecule has 1 aliphatic heterocycles. The minimum atomic E-state index is -1.10. The summed E-state index contributed by atoms with van der Waals surface area (Å²) in [6.07, 6.45) is 0.115. The van der Waals surface area contributed by atoms with E-state index < -0.39 is 11.0 Å². The van der Waals surface area contributed by atoms with Crippen LogP contribution in [0.2, 0.25) is 0 Å². The van der Waals surface area contributed by atoms with Gasteiger partial charge in [0.2, 0.25) is 5.91 Å². The number of ether oxygens (including phenoxy) is 2. The molecular weight excluding hydrogens is 621 g/mol. The Kier molecular flexibility index (Phi) is 13.1. The zero-order chi connectivity index (χ0) is 34.1. The minimum Gasteiger partial charge on any atom is -0.464 e.